The summed E-state index contributed by atoms with van der Waals surface area (Å²) in [6, 6.07) is 5.58. The van der Waals surface area contributed by atoms with E-state index in [4.69, 9.17) is 0 Å². The first-order valence-electron chi connectivity index (χ1n) is 9.07. The van der Waals surface area contributed by atoms with Crippen LogP contribution in [-0.2, 0) is 9.59 Å². The van der Waals surface area contributed by atoms with Crippen LogP contribution < -0.4 is 10.6 Å². The molecule has 1 aliphatic heterocycles. The molecule has 8 nitrogen and oxygen atoms in total. The van der Waals surface area contributed by atoms with E-state index in [-0.39, 0.29) is 17.4 Å². The minimum Gasteiger partial charge on any atom is -0.350 e. The third kappa shape index (κ3) is 5.69. The lowest BCUT2D eigenvalue weighted by molar-refractivity contribution is -0.124. The Morgan fingerprint density at radius 2 is 1.67 bits per heavy atom. The molecular weight excluding hydrogens is 364 g/mol. The Labute approximate surface area is 163 Å². The Balaban J connectivity index is 1.44. The van der Waals surface area contributed by atoms with Crippen LogP contribution in [0.1, 0.15) is 20.8 Å². The van der Waals surface area contributed by atoms with Crippen molar-refractivity contribution in [1.29, 1.82) is 0 Å². The molecule has 3 rings (SSSR count). The number of nitrogens with zero attached hydrogens (tertiary/aromatic N) is 4. The lowest BCUT2D eigenvalue weighted by atomic mass is 10.1. The molecule has 1 aliphatic rings. The Kier molecular flexibility index (Phi) is 6.03. The first-order valence-corrected chi connectivity index (χ1v) is 9.80. The number of hydrogen-bond donors (Lipinski definition) is 2. The standard InChI is InChI=1S/C18H26N6O2S/c1-18(2,3)20-16(26)12-24-9-7-23(8-10-24)11-15(25)19-13-5-4-6-14-17(13)22-27-21-14/h4-6H,7-12H2,1-3H3,(H,19,25)(H,20,26). The molecule has 0 aliphatic carbocycles. The Hall–Kier alpha value is -2.10. The smallest absolute Gasteiger partial charge is 0.238 e. The van der Waals surface area contributed by atoms with Crippen LogP contribution in [0.3, 0.4) is 0 Å². The highest BCUT2D eigenvalue weighted by Gasteiger charge is 2.22. The lowest BCUT2D eigenvalue weighted by Gasteiger charge is -2.34. The van der Waals surface area contributed by atoms with Crippen molar-refractivity contribution in [2.75, 3.05) is 44.6 Å². The zero-order valence-corrected chi connectivity index (χ0v) is 16.8. The van der Waals surface area contributed by atoms with E-state index in [1.54, 1.807) is 0 Å². The zero-order valence-electron chi connectivity index (χ0n) is 16.0. The third-order valence-electron chi connectivity index (χ3n) is 4.27. The molecule has 1 saturated heterocycles. The summed E-state index contributed by atoms with van der Waals surface area (Å²) in [7, 11) is 0. The average Bonchev–Trinajstić information content (AvgIpc) is 3.04. The van der Waals surface area contributed by atoms with Crippen LogP contribution in [0, 0.1) is 0 Å². The summed E-state index contributed by atoms with van der Waals surface area (Å²) in [5.41, 5.74) is 2.00. The van der Waals surface area contributed by atoms with Gasteiger partial charge in [0.2, 0.25) is 11.8 Å². The van der Waals surface area contributed by atoms with Gasteiger partial charge >= 0.3 is 0 Å². The predicted molar refractivity (Wildman–Crippen MR) is 107 cm³/mol. The normalized spacial score (nSPS) is 16.4. The van der Waals surface area contributed by atoms with Gasteiger partial charge in [-0.1, -0.05) is 6.07 Å². The van der Waals surface area contributed by atoms with Gasteiger partial charge in [0.15, 0.2) is 0 Å². The summed E-state index contributed by atoms with van der Waals surface area (Å²) in [4.78, 5) is 28.6. The van der Waals surface area contributed by atoms with Crippen LogP contribution in [0.5, 0.6) is 0 Å². The molecule has 1 aromatic heterocycles. The van der Waals surface area contributed by atoms with Crippen molar-refractivity contribution in [3.8, 4) is 0 Å². The van der Waals surface area contributed by atoms with Crippen molar-refractivity contribution in [1.82, 2.24) is 23.9 Å². The number of benzene rings is 1. The maximum Gasteiger partial charge on any atom is 0.238 e. The maximum atomic E-state index is 12.4. The highest BCUT2D eigenvalue weighted by atomic mass is 32.1. The molecule has 0 bridgehead atoms. The highest BCUT2D eigenvalue weighted by molar-refractivity contribution is 7.00. The number of carbonyl (C=O) groups excluding carboxylic acids is 2. The molecule has 1 aromatic carbocycles. The molecule has 2 N–H and O–H groups in total. The number of carbonyl (C=O) groups is 2. The van der Waals surface area contributed by atoms with Gasteiger partial charge < -0.3 is 10.6 Å². The minimum absolute atomic E-state index is 0.0404. The van der Waals surface area contributed by atoms with Crippen LogP contribution in [0.4, 0.5) is 5.69 Å². The van der Waals surface area contributed by atoms with Crippen LogP contribution in [0.15, 0.2) is 18.2 Å². The highest BCUT2D eigenvalue weighted by Crippen LogP contribution is 2.21. The number of rotatable bonds is 5. The van der Waals surface area contributed by atoms with Crippen LogP contribution in [-0.4, -0.2) is 75.2 Å². The molecule has 146 valence electrons. The van der Waals surface area contributed by atoms with Crippen molar-refractivity contribution in [3.63, 3.8) is 0 Å². The fourth-order valence-corrected chi connectivity index (χ4v) is 3.62. The summed E-state index contributed by atoms with van der Waals surface area (Å²) in [5.74, 6) is -0.0203. The predicted octanol–water partition coefficient (Wildman–Crippen LogP) is 1.16. The number of anilines is 1. The molecule has 0 saturated carbocycles. The van der Waals surface area contributed by atoms with Gasteiger partial charge in [0.25, 0.3) is 0 Å². The van der Waals surface area contributed by atoms with Gasteiger partial charge in [-0.25, -0.2) is 0 Å². The van der Waals surface area contributed by atoms with E-state index >= 15 is 0 Å². The first kappa shape index (κ1) is 19.7. The van der Waals surface area contributed by atoms with E-state index in [9.17, 15) is 9.59 Å². The molecule has 2 amide bonds. The van der Waals surface area contributed by atoms with Crippen LogP contribution >= 0.6 is 11.7 Å². The lowest BCUT2D eigenvalue weighted by Crippen LogP contribution is -2.52. The molecule has 27 heavy (non-hydrogen) atoms. The summed E-state index contributed by atoms with van der Waals surface area (Å²) in [6.07, 6.45) is 0. The second kappa shape index (κ2) is 8.28. The second-order valence-electron chi connectivity index (χ2n) is 7.84. The quantitative estimate of drug-likeness (QED) is 0.796. The van der Waals surface area contributed by atoms with Gasteiger partial charge in [0.05, 0.1) is 30.5 Å². The molecule has 0 atom stereocenters. The van der Waals surface area contributed by atoms with Crippen LogP contribution in [0.25, 0.3) is 11.0 Å². The molecule has 2 heterocycles. The molecule has 0 unspecified atom stereocenters. The van der Waals surface area contributed by atoms with Crippen molar-refractivity contribution in [3.05, 3.63) is 18.2 Å². The molecule has 1 fully saturated rings. The summed E-state index contributed by atoms with van der Waals surface area (Å²) < 4.78 is 8.43. The fourth-order valence-electron chi connectivity index (χ4n) is 3.07. The molecular formula is C18H26N6O2S. The monoisotopic (exact) mass is 390 g/mol. The Morgan fingerprint density at radius 3 is 2.30 bits per heavy atom. The topological polar surface area (TPSA) is 90.5 Å². The Morgan fingerprint density at radius 1 is 1.04 bits per heavy atom. The van der Waals surface area contributed by atoms with E-state index < -0.39 is 0 Å². The number of aromatic nitrogens is 2. The van der Waals surface area contributed by atoms with Gasteiger partial charge in [-0.3, -0.25) is 19.4 Å². The van der Waals surface area contributed by atoms with Crippen molar-refractivity contribution < 1.29 is 9.59 Å². The van der Waals surface area contributed by atoms with E-state index in [2.05, 4.69) is 29.2 Å². The van der Waals surface area contributed by atoms with Gasteiger partial charge in [0, 0.05) is 31.7 Å². The first-order chi connectivity index (χ1) is 12.8. The van der Waals surface area contributed by atoms with Gasteiger partial charge in [-0.15, -0.1) is 0 Å². The fraction of sp³-hybridized carbons (Fsp3) is 0.556. The number of fused-ring (bicyclic) bond motifs is 1. The molecule has 0 spiro atoms. The largest absolute Gasteiger partial charge is 0.350 e. The number of amides is 2. The second-order valence-corrected chi connectivity index (χ2v) is 8.36. The van der Waals surface area contributed by atoms with E-state index in [1.165, 1.54) is 0 Å². The Bertz CT molecular complexity index is 808. The van der Waals surface area contributed by atoms with Gasteiger partial charge in [-0.05, 0) is 32.9 Å². The number of nitrogens with one attached hydrogen (secondary N) is 2. The molecule has 2 aromatic rings. The van der Waals surface area contributed by atoms with Gasteiger partial charge in [-0.2, -0.15) is 8.75 Å². The minimum atomic E-state index is -0.216. The molecule has 0 radical (unpaired) electrons. The van der Waals surface area contributed by atoms with E-state index in [1.807, 2.05) is 39.0 Å². The summed E-state index contributed by atoms with van der Waals surface area (Å²) >= 11 is 1.14. The molecule has 9 heteroatoms. The third-order valence-corrected chi connectivity index (χ3v) is 4.82. The number of piperazine rings is 1. The van der Waals surface area contributed by atoms with Crippen molar-refractivity contribution >= 4 is 40.3 Å². The SMILES string of the molecule is CC(C)(C)NC(=O)CN1CCN(CC(=O)Nc2cccc3nsnc23)CC1. The van der Waals surface area contributed by atoms with Crippen LogP contribution in [0.2, 0.25) is 0 Å². The van der Waals surface area contributed by atoms with Crippen molar-refractivity contribution in [2.24, 2.45) is 0 Å². The summed E-state index contributed by atoms with van der Waals surface area (Å²) in [6.45, 7) is 9.73. The average molecular weight is 391 g/mol. The van der Waals surface area contributed by atoms with Gasteiger partial charge in [0.1, 0.15) is 11.0 Å². The van der Waals surface area contributed by atoms with Crippen molar-refractivity contribution in [2.45, 2.75) is 26.3 Å². The van der Waals surface area contributed by atoms with E-state index in [0.717, 1.165) is 48.9 Å². The maximum absolute atomic E-state index is 12.4. The zero-order chi connectivity index (χ0) is 19.4. The number of hydrogen-bond acceptors (Lipinski definition) is 7. The van der Waals surface area contributed by atoms with E-state index in [0.29, 0.717) is 18.8 Å². The summed E-state index contributed by atoms with van der Waals surface area (Å²) in [5, 5.41) is 5.91.